The molecule has 7 nitrogen and oxygen atoms in total. The quantitative estimate of drug-likeness (QED) is 0.600. The number of aliphatic carboxylic acids is 1. The molecular formula is C11H21N3O4. The van der Waals surface area contributed by atoms with Crippen LogP contribution in [0.4, 0.5) is 4.79 Å². The minimum Gasteiger partial charge on any atom is -0.480 e. The number of urea groups is 1. The molecule has 3 amide bonds. The van der Waals surface area contributed by atoms with Crippen LogP contribution in [0.25, 0.3) is 0 Å². The van der Waals surface area contributed by atoms with Gasteiger partial charge in [0.15, 0.2) is 0 Å². The Balaban J connectivity index is 4.28. The number of likely N-dealkylation sites (N-methyl/N-ethyl adjacent to an activating group) is 2. The van der Waals surface area contributed by atoms with Crippen LogP contribution in [0.5, 0.6) is 0 Å². The summed E-state index contributed by atoms with van der Waals surface area (Å²) in [7, 11) is 1.44. The molecule has 0 aliphatic heterocycles. The fourth-order valence-corrected chi connectivity index (χ4v) is 1.35. The molecule has 0 bridgehead atoms. The van der Waals surface area contributed by atoms with Crippen LogP contribution >= 0.6 is 0 Å². The largest absolute Gasteiger partial charge is 0.480 e. The summed E-state index contributed by atoms with van der Waals surface area (Å²) in [5, 5.41) is 13.8. The second-order valence-electron chi connectivity index (χ2n) is 3.94. The SMILES string of the molecule is CCCC(NC(=O)N(C)CC(=O)NCC)C(=O)O. The Labute approximate surface area is 107 Å². The van der Waals surface area contributed by atoms with Crippen molar-refractivity contribution in [3.63, 3.8) is 0 Å². The molecule has 0 rings (SSSR count). The summed E-state index contributed by atoms with van der Waals surface area (Å²) in [6, 6.07) is -1.48. The lowest BCUT2D eigenvalue weighted by molar-refractivity contribution is -0.139. The van der Waals surface area contributed by atoms with Gasteiger partial charge in [0, 0.05) is 13.6 Å². The summed E-state index contributed by atoms with van der Waals surface area (Å²) >= 11 is 0. The van der Waals surface area contributed by atoms with E-state index in [1.165, 1.54) is 7.05 Å². The molecule has 104 valence electrons. The third-order valence-electron chi connectivity index (χ3n) is 2.27. The average Bonchev–Trinajstić information content (AvgIpc) is 2.28. The van der Waals surface area contributed by atoms with Gasteiger partial charge >= 0.3 is 12.0 Å². The van der Waals surface area contributed by atoms with E-state index in [9.17, 15) is 14.4 Å². The second kappa shape index (κ2) is 8.32. The monoisotopic (exact) mass is 259 g/mol. The van der Waals surface area contributed by atoms with E-state index in [4.69, 9.17) is 5.11 Å². The van der Waals surface area contributed by atoms with Crippen molar-refractivity contribution < 1.29 is 19.5 Å². The minimum atomic E-state index is -1.07. The number of carboxylic acids is 1. The zero-order valence-electron chi connectivity index (χ0n) is 11.0. The van der Waals surface area contributed by atoms with Crippen molar-refractivity contribution in [1.82, 2.24) is 15.5 Å². The second-order valence-corrected chi connectivity index (χ2v) is 3.94. The third kappa shape index (κ3) is 6.07. The molecule has 0 aromatic heterocycles. The van der Waals surface area contributed by atoms with Gasteiger partial charge in [0.1, 0.15) is 12.6 Å². The molecule has 7 heteroatoms. The number of nitrogens with zero attached hydrogens (tertiary/aromatic N) is 1. The Morgan fingerprint density at radius 1 is 1.28 bits per heavy atom. The molecule has 0 radical (unpaired) electrons. The van der Waals surface area contributed by atoms with Crippen LogP contribution in [-0.4, -0.2) is 54.1 Å². The topological polar surface area (TPSA) is 98.7 Å². The first-order chi connectivity index (χ1) is 8.42. The van der Waals surface area contributed by atoms with E-state index in [0.29, 0.717) is 19.4 Å². The average molecular weight is 259 g/mol. The summed E-state index contributed by atoms with van der Waals surface area (Å²) in [6.07, 6.45) is 1.01. The van der Waals surface area contributed by atoms with Gasteiger partial charge in [-0.2, -0.15) is 0 Å². The van der Waals surface area contributed by atoms with Crippen LogP contribution in [0, 0.1) is 0 Å². The lowest BCUT2D eigenvalue weighted by Crippen LogP contribution is -2.49. The molecule has 0 saturated heterocycles. The lowest BCUT2D eigenvalue weighted by atomic mass is 10.2. The van der Waals surface area contributed by atoms with Crippen LogP contribution in [0.2, 0.25) is 0 Å². The first kappa shape index (κ1) is 16.2. The van der Waals surface area contributed by atoms with Gasteiger partial charge in [-0.25, -0.2) is 9.59 Å². The van der Waals surface area contributed by atoms with Gasteiger partial charge in [-0.05, 0) is 13.3 Å². The molecule has 0 aromatic rings. The number of hydrogen-bond acceptors (Lipinski definition) is 3. The Morgan fingerprint density at radius 2 is 1.89 bits per heavy atom. The zero-order chi connectivity index (χ0) is 14.1. The number of amides is 3. The molecular weight excluding hydrogens is 238 g/mol. The van der Waals surface area contributed by atoms with Gasteiger partial charge in [-0.15, -0.1) is 0 Å². The highest BCUT2D eigenvalue weighted by atomic mass is 16.4. The van der Waals surface area contributed by atoms with Crippen molar-refractivity contribution in [2.45, 2.75) is 32.7 Å². The lowest BCUT2D eigenvalue weighted by Gasteiger charge is -2.20. The predicted molar refractivity (Wildman–Crippen MR) is 66.2 cm³/mol. The summed E-state index contributed by atoms with van der Waals surface area (Å²) in [5.41, 5.74) is 0. The molecule has 0 saturated carbocycles. The van der Waals surface area contributed by atoms with E-state index in [1.807, 2.05) is 6.92 Å². The first-order valence-electron chi connectivity index (χ1n) is 5.93. The highest BCUT2D eigenvalue weighted by Gasteiger charge is 2.21. The highest BCUT2D eigenvalue weighted by Crippen LogP contribution is 1.98. The molecule has 1 atom stereocenters. The summed E-state index contributed by atoms with van der Waals surface area (Å²) in [5.74, 6) is -1.35. The van der Waals surface area contributed by atoms with Crippen molar-refractivity contribution in [2.24, 2.45) is 0 Å². The number of rotatable bonds is 7. The Kier molecular flexibility index (Phi) is 7.50. The number of carbonyl (C=O) groups is 3. The highest BCUT2D eigenvalue weighted by molar-refractivity contribution is 5.86. The van der Waals surface area contributed by atoms with Crippen molar-refractivity contribution in [1.29, 1.82) is 0 Å². The van der Waals surface area contributed by atoms with Crippen LogP contribution < -0.4 is 10.6 Å². The molecule has 3 N–H and O–H groups in total. The normalized spacial score (nSPS) is 11.5. The molecule has 0 spiro atoms. The van der Waals surface area contributed by atoms with E-state index in [1.54, 1.807) is 6.92 Å². The van der Waals surface area contributed by atoms with E-state index < -0.39 is 18.0 Å². The Morgan fingerprint density at radius 3 is 2.33 bits per heavy atom. The van der Waals surface area contributed by atoms with E-state index in [0.717, 1.165) is 4.90 Å². The van der Waals surface area contributed by atoms with E-state index >= 15 is 0 Å². The zero-order valence-corrected chi connectivity index (χ0v) is 11.0. The van der Waals surface area contributed by atoms with Crippen molar-refractivity contribution in [3.05, 3.63) is 0 Å². The van der Waals surface area contributed by atoms with Gasteiger partial charge in [-0.3, -0.25) is 4.79 Å². The standard InChI is InChI=1S/C11H21N3O4/c1-4-6-8(10(16)17)13-11(18)14(3)7-9(15)12-5-2/h8H,4-7H2,1-3H3,(H,12,15)(H,13,18)(H,16,17). The summed E-state index contributed by atoms with van der Waals surface area (Å²) in [6.45, 7) is 4.00. The molecule has 18 heavy (non-hydrogen) atoms. The Hall–Kier alpha value is -1.79. The molecule has 0 heterocycles. The molecule has 1 unspecified atom stereocenters. The van der Waals surface area contributed by atoms with Gasteiger partial charge in [0.25, 0.3) is 0 Å². The molecule has 0 fully saturated rings. The van der Waals surface area contributed by atoms with Gasteiger partial charge in [0.2, 0.25) is 5.91 Å². The number of carboxylic acid groups (broad SMARTS) is 1. The fraction of sp³-hybridized carbons (Fsp3) is 0.727. The summed E-state index contributed by atoms with van der Waals surface area (Å²) < 4.78 is 0. The van der Waals surface area contributed by atoms with E-state index in [2.05, 4.69) is 10.6 Å². The van der Waals surface area contributed by atoms with Crippen LogP contribution in [0.15, 0.2) is 0 Å². The maximum atomic E-state index is 11.6. The molecule has 0 aliphatic carbocycles. The fourth-order valence-electron chi connectivity index (χ4n) is 1.35. The third-order valence-corrected chi connectivity index (χ3v) is 2.27. The molecule has 0 aliphatic rings. The van der Waals surface area contributed by atoms with Crippen molar-refractivity contribution in [2.75, 3.05) is 20.1 Å². The van der Waals surface area contributed by atoms with Crippen molar-refractivity contribution in [3.8, 4) is 0 Å². The number of nitrogens with one attached hydrogen (secondary N) is 2. The van der Waals surface area contributed by atoms with Crippen molar-refractivity contribution >= 4 is 17.9 Å². The van der Waals surface area contributed by atoms with Crippen LogP contribution in [-0.2, 0) is 9.59 Å². The summed E-state index contributed by atoms with van der Waals surface area (Å²) in [4.78, 5) is 34.9. The van der Waals surface area contributed by atoms with Crippen LogP contribution in [0.1, 0.15) is 26.7 Å². The van der Waals surface area contributed by atoms with Gasteiger partial charge in [0.05, 0.1) is 0 Å². The van der Waals surface area contributed by atoms with Crippen LogP contribution in [0.3, 0.4) is 0 Å². The molecule has 0 aromatic carbocycles. The Bertz CT molecular complexity index is 307. The predicted octanol–water partition coefficient (Wildman–Crippen LogP) is 0.0172. The van der Waals surface area contributed by atoms with Gasteiger partial charge in [-0.1, -0.05) is 13.3 Å². The number of carbonyl (C=O) groups excluding carboxylic acids is 2. The number of hydrogen-bond donors (Lipinski definition) is 3. The smallest absolute Gasteiger partial charge is 0.326 e. The van der Waals surface area contributed by atoms with Gasteiger partial charge < -0.3 is 20.6 Å². The maximum Gasteiger partial charge on any atom is 0.326 e. The minimum absolute atomic E-state index is 0.0991. The van der Waals surface area contributed by atoms with E-state index in [-0.39, 0.29) is 12.5 Å². The first-order valence-corrected chi connectivity index (χ1v) is 5.93. The maximum absolute atomic E-state index is 11.6.